The Balaban J connectivity index is 1.13. The number of likely N-dealkylation sites (tertiary alicyclic amines) is 2. The van der Waals surface area contributed by atoms with Crippen LogP contribution in [0.5, 0.6) is 0 Å². The monoisotopic (exact) mass is 438 g/mol. The molecule has 0 aromatic rings. The standard InChI is InChI=1S/C25H47FN4O/c1-3-28-12-4-5-22(19-28)20-29-15-17-30(18-16-29)21-25(26)10-6-23(7-11-25)31-24-8-13-27(2)14-9-24/h22-24H,3-21H2,1-2H3/t22-,23-,25+/m0/s1. The second-order valence-electron chi connectivity index (χ2n) is 11.0. The quantitative estimate of drug-likeness (QED) is 0.608. The van der Waals surface area contributed by atoms with E-state index in [1.54, 1.807) is 0 Å². The summed E-state index contributed by atoms with van der Waals surface area (Å²) in [6.07, 6.45) is 8.85. The van der Waals surface area contributed by atoms with Crippen molar-refractivity contribution in [1.29, 1.82) is 0 Å². The van der Waals surface area contributed by atoms with Gasteiger partial charge in [0.25, 0.3) is 0 Å². The normalized spacial score (nSPS) is 36.1. The van der Waals surface area contributed by atoms with Crippen molar-refractivity contribution in [2.24, 2.45) is 5.92 Å². The molecule has 1 aliphatic carbocycles. The molecule has 0 aromatic carbocycles. The van der Waals surface area contributed by atoms with E-state index in [0.717, 1.165) is 70.9 Å². The van der Waals surface area contributed by atoms with Gasteiger partial charge in [0.1, 0.15) is 5.67 Å². The molecule has 5 nitrogen and oxygen atoms in total. The Kier molecular flexibility index (Phi) is 8.65. The lowest BCUT2D eigenvalue weighted by Gasteiger charge is -2.43. The maximum absolute atomic E-state index is 15.6. The van der Waals surface area contributed by atoms with E-state index >= 15 is 4.39 Å². The summed E-state index contributed by atoms with van der Waals surface area (Å²) in [4.78, 5) is 10.0. The van der Waals surface area contributed by atoms with Crippen LogP contribution in [0.15, 0.2) is 0 Å². The van der Waals surface area contributed by atoms with Crippen LogP contribution in [0.1, 0.15) is 58.3 Å². The van der Waals surface area contributed by atoms with Crippen molar-refractivity contribution in [2.75, 3.05) is 79.0 Å². The van der Waals surface area contributed by atoms with Gasteiger partial charge in [-0.2, -0.15) is 0 Å². The van der Waals surface area contributed by atoms with Crippen molar-refractivity contribution in [3.63, 3.8) is 0 Å². The van der Waals surface area contributed by atoms with E-state index in [4.69, 9.17) is 4.74 Å². The zero-order chi connectivity index (χ0) is 21.7. The first kappa shape index (κ1) is 23.9. The summed E-state index contributed by atoms with van der Waals surface area (Å²) in [6, 6.07) is 0. The molecule has 0 N–H and O–H groups in total. The van der Waals surface area contributed by atoms with E-state index in [1.807, 2.05) is 0 Å². The molecule has 4 fully saturated rings. The summed E-state index contributed by atoms with van der Waals surface area (Å²) < 4.78 is 21.9. The van der Waals surface area contributed by atoms with Crippen molar-refractivity contribution in [3.05, 3.63) is 0 Å². The Morgan fingerprint density at radius 1 is 0.806 bits per heavy atom. The molecule has 4 rings (SSSR count). The van der Waals surface area contributed by atoms with Crippen LogP contribution >= 0.6 is 0 Å². The van der Waals surface area contributed by atoms with E-state index < -0.39 is 5.67 Å². The maximum Gasteiger partial charge on any atom is 0.123 e. The number of piperazine rings is 1. The molecule has 3 aliphatic heterocycles. The van der Waals surface area contributed by atoms with E-state index in [1.165, 1.54) is 39.0 Å². The smallest absolute Gasteiger partial charge is 0.123 e. The summed E-state index contributed by atoms with van der Waals surface area (Å²) >= 11 is 0. The zero-order valence-electron chi connectivity index (χ0n) is 20.2. The van der Waals surface area contributed by atoms with Gasteiger partial charge < -0.3 is 19.4 Å². The SMILES string of the molecule is CCN1CCC[C@H](CN2CCN(C[C@]3(F)CC[C@@H](OC4CCN(C)CC4)CC3)CC2)C1. The van der Waals surface area contributed by atoms with Crippen LogP contribution < -0.4 is 0 Å². The number of hydrogen-bond donors (Lipinski definition) is 0. The van der Waals surface area contributed by atoms with Crippen LogP contribution in [0, 0.1) is 5.92 Å². The minimum atomic E-state index is -1.00. The summed E-state index contributed by atoms with van der Waals surface area (Å²) in [5.41, 5.74) is -1.00. The van der Waals surface area contributed by atoms with Gasteiger partial charge >= 0.3 is 0 Å². The van der Waals surface area contributed by atoms with Crippen LogP contribution in [-0.2, 0) is 4.74 Å². The lowest BCUT2D eigenvalue weighted by atomic mass is 9.84. The molecule has 0 spiro atoms. The Morgan fingerprint density at radius 2 is 1.45 bits per heavy atom. The largest absolute Gasteiger partial charge is 0.375 e. The molecule has 6 heteroatoms. The van der Waals surface area contributed by atoms with E-state index in [-0.39, 0.29) is 6.10 Å². The molecule has 0 amide bonds. The first-order valence-electron chi connectivity index (χ1n) is 13.2. The second kappa shape index (κ2) is 11.2. The van der Waals surface area contributed by atoms with Gasteiger partial charge in [-0.15, -0.1) is 0 Å². The molecule has 0 aromatic heterocycles. The number of nitrogens with zero attached hydrogens (tertiary/aromatic N) is 4. The lowest BCUT2D eigenvalue weighted by Crippen LogP contribution is -2.53. The first-order valence-corrected chi connectivity index (χ1v) is 13.2. The molecule has 0 radical (unpaired) electrons. The predicted molar refractivity (Wildman–Crippen MR) is 125 cm³/mol. The summed E-state index contributed by atoms with van der Waals surface area (Å²) in [5.74, 6) is 0.826. The highest BCUT2D eigenvalue weighted by Crippen LogP contribution is 2.35. The zero-order valence-corrected chi connectivity index (χ0v) is 20.2. The molecule has 1 atom stereocenters. The number of halogens is 1. The van der Waals surface area contributed by atoms with Crippen LogP contribution in [0.3, 0.4) is 0 Å². The lowest BCUT2D eigenvalue weighted by molar-refractivity contribution is -0.0791. The van der Waals surface area contributed by atoms with Gasteiger partial charge in [-0.05, 0) is 77.4 Å². The molecule has 3 heterocycles. The fourth-order valence-electron chi connectivity index (χ4n) is 6.28. The van der Waals surface area contributed by atoms with Crippen molar-refractivity contribution >= 4 is 0 Å². The Bertz CT molecular complexity index is 526. The van der Waals surface area contributed by atoms with Gasteiger partial charge in [0.15, 0.2) is 0 Å². The van der Waals surface area contributed by atoms with Crippen LogP contribution in [0.2, 0.25) is 0 Å². The number of alkyl halides is 1. The van der Waals surface area contributed by atoms with Crippen LogP contribution in [0.25, 0.3) is 0 Å². The van der Waals surface area contributed by atoms with Gasteiger partial charge in [-0.3, -0.25) is 4.90 Å². The van der Waals surface area contributed by atoms with Gasteiger partial charge in [-0.1, -0.05) is 6.92 Å². The average Bonchev–Trinajstić information content (AvgIpc) is 2.78. The van der Waals surface area contributed by atoms with Crippen molar-refractivity contribution < 1.29 is 9.13 Å². The van der Waals surface area contributed by atoms with E-state index in [0.29, 0.717) is 25.5 Å². The third-order valence-corrected chi connectivity index (χ3v) is 8.42. The second-order valence-corrected chi connectivity index (χ2v) is 11.0. The minimum absolute atomic E-state index is 0.285. The third kappa shape index (κ3) is 7.10. The average molecular weight is 439 g/mol. The fourth-order valence-corrected chi connectivity index (χ4v) is 6.28. The molecule has 0 unspecified atom stereocenters. The number of piperidine rings is 2. The predicted octanol–water partition coefficient (Wildman–Crippen LogP) is 3.10. The molecular formula is C25H47FN4O. The molecule has 3 saturated heterocycles. The van der Waals surface area contributed by atoms with E-state index in [2.05, 4.69) is 33.6 Å². The Hall–Kier alpha value is -0.270. The summed E-state index contributed by atoms with van der Waals surface area (Å²) in [6.45, 7) is 14.4. The highest BCUT2D eigenvalue weighted by Gasteiger charge is 2.38. The molecule has 1 saturated carbocycles. The fraction of sp³-hybridized carbons (Fsp3) is 1.00. The molecular weight excluding hydrogens is 391 g/mol. The third-order valence-electron chi connectivity index (χ3n) is 8.42. The van der Waals surface area contributed by atoms with Crippen LogP contribution in [0.4, 0.5) is 4.39 Å². The van der Waals surface area contributed by atoms with Crippen LogP contribution in [-0.4, -0.2) is 117 Å². The highest BCUT2D eigenvalue weighted by molar-refractivity contribution is 4.91. The number of ether oxygens (including phenoxy) is 1. The molecule has 0 bridgehead atoms. The van der Waals surface area contributed by atoms with E-state index in [9.17, 15) is 0 Å². The van der Waals surface area contributed by atoms with Crippen molar-refractivity contribution in [3.8, 4) is 0 Å². The van der Waals surface area contributed by atoms with Gasteiger partial charge in [-0.25, -0.2) is 4.39 Å². The van der Waals surface area contributed by atoms with Crippen molar-refractivity contribution in [2.45, 2.75) is 76.2 Å². The van der Waals surface area contributed by atoms with Crippen molar-refractivity contribution in [1.82, 2.24) is 19.6 Å². The molecule has 4 aliphatic rings. The number of hydrogen-bond acceptors (Lipinski definition) is 5. The molecule has 180 valence electrons. The van der Waals surface area contributed by atoms with Gasteiger partial charge in [0, 0.05) is 58.9 Å². The van der Waals surface area contributed by atoms with Gasteiger partial charge in [0.2, 0.25) is 0 Å². The van der Waals surface area contributed by atoms with Gasteiger partial charge in [0.05, 0.1) is 12.2 Å². The molecule has 31 heavy (non-hydrogen) atoms. The maximum atomic E-state index is 15.6. The Morgan fingerprint density at radius 3 is 2.13 bits per heavy atom. The topological polar surface area (TPSA) is 22.2 Å². The minimum Gasteiger partial charge on any atom is -0.375 e. The number of rotatable bonds is 7. The summed E-state index contributed by atoms with van der Waals surface area (Å²) in [5, 5.41) is 0. The highest BCUT2D eigenvalue weighted by atomic mass is 19.1. The first-order chi connectivity index (χ1) is 15.0. The summed E-state index contributed by atoms with van der Waals surface area (Å²) in [7, 11) is 2.18. The Labute approximate surface area is 190 Å².